The van der Waals surface area contributed by atoms with E-state index in [0.29, 0.717) is 0 Å². The first-order valence-electron chi connectivity index (χ1n) is 8.00. The Kier molecular flexibility index (Phi) is 2.99. The van der Waals surface area contributed by atoms with Gasteiger partial charge < -0.3 is 10.2 Å². The van der Waals surface area contributed by atoms with Crippen molar-refractivity contribution in [3.05, 3.63) is 29.3 Å². The van der Waals surface area contributed by atoms with Crippen LogP contribution in [0.4, 0.5) is 5.69 Å². The fourth-order valence-corrected chi connectivity index (χ4v) is 4.02. The van der Waals surface area contributed by atoms with Crippen LogP contribution in [-0.4, -0.2) is 25.7 Å². The van der Waals surface area contributed by atoms with Gasteiger partial charge in [-0.25, -0.2) is 0 Å². The monoisotopic (exact) mass is 256 g/mol. The minimum atomic E-state index is 0.736. The van der Waals surface area contributed by atoms with Crippen molar-refractivity contribution in [2.45, 2.75) is 44.6 Å². The first kappa shape index (κ1) is 11.8. The summed E-state index contributed by atoms with van der Waals surface area (Å²) in [5, 5.41) is 3.54. The smallest absolute Gasteiger partial charge is 0.0418 e. The quantitative estimate of drug-likeness (QED) is 0.875. The highest BCUT2D eigenvalue weighted by Crippen LogP contribution is 2.37. The summed E-state index contributed by atoms with van der Waals surface area (Å²) in [7, 11) is 0. The van der Waals surface area contributed by atoms with Gasteiger partial charge in [0.25, 0.3) is 0 Å². The fourth-order valence-electron chi connectivity index (χ4n) is 4.02. The number of benzene rings is 1. The Hall–Kier alpha value is -1.02. The summed E-state index contributed by atoms with van der Waals surface area (Å²) < 4.78 is 0. The van der Waals surface area contributed by atoms with E-state index in [9.17, 15) is 0 Å². The standard InChI is InChI=1S/C17H24N2/c1-3-13(4-1)11-14-5-2-6-17-16(14)8-7-15-12-18-9-10-19(15)17/h2,5-6,13,15,18H,1,3-4,7-12H2. The first-order chi connectivity index (χ1) is 9.42. The molecule has 0 amide bonds. The van der Waals surface area contributed by atoms with Gasteiger partial charge in [-0.15, -0.1) is 0 Å². The molecule has 1 atom stereocenters. The molecular weight excluding hydrogens is 232 g/mol. The normalized spacial score (nSPS) is 26.5. The predicted octanol–water partition coefficient (Wildman–Crippen LogP) is 2.75. The maximum Gasteiger partial charge on any atom is 0.0418 e. The Morgan fingerprint density at radius 3 is 3.00 bits per heavy atom. The number of nitrogens with one attached hydrogen (secondary N) is 1. The van der Waals surface area contributed by atoms with Gasteiger partial charge in [-0.05, 0) is 42.4 Å². The summed E-state index contributed by atoms with van der Waals surface area (Å²) >= 11 is 0. The molecule has 1 aliphatic carbocycles. The number of hydrogen-bond donors (Lipinski definition) is 1. The van der Waals surface area contributed by atoms with Gasteiger partial charge in [0.2, 0.25) is 0 Å². The second kappa shape index (κ2) is 4.82. The average molecular weight is 256 g/mol. The number of rotatable bonds is 2. The summed E-state index contributed by atoms with van der Waals surface area (Å²) in [6, 6.07) is 7.77. The van der Waals surface area contributed by atoms with Crippen LogP contribution in [-0.2, 0) is 12.8 Å². The third kappa shape index (κ3) is 2.06. The van der Waals surface area contributed by atoms with Crippen molar-refractivity contribution in [2.24, 2.45) is 5.92 Å². The molecule has 1 saturated heterocycles. The van der Waals surface area contributed by atoms with Gasteiger partial charge in [0, 0.05) is 31.4 Å². The molecule has 1 saturated carbocycles. The molecule has 0 spiro atoms. The lowest BCUT2D eigenvalue weighted by molar-refractivity contribution is 0.313. The number of fused-ring (bicyclic) bond motifs is 3. The van der Waals surface area contributed by atoms with Crippen LogP contribution < -0.4 is 10.2 Å². The molecule has 1 unspecified atom stereocenters. The summed E-state index contributed by atoms with van der Waals surface area (Å²) in [6.07, 6.45) is 8.34. The van der Waals surface area contributed by atoms with Gasteiger partial charge in [-0.1, -0.05) is 31.4 Å². The third-order valence-electron chi connectivity index (χ3n) is 5.37. The van der Waals surface area contributed by atoms with E-state index in [0.717, 1.165) is 18.5 Å². The van der Waals surface area contributed by atoms with E-state index in [1.165, 1.54) is 51.6 Å². The molecule has 3 aliphatic rings. The minimum Gasteiger partial charge on any atom is -0.366 e. The van der Waals surface area contributed by atoms with Crippen LogP contribution in [0.5, 0.6) is 0 Å². The Morgan fingerprint density at radius 2 is 2.16 bits per heavy atom. The zero-order valence-corrected chi connectivity index (χ0v) is 11.7. The second-order valence-corrected chi connectivity index (χ2v) is 6.51. The molecule has 1 aromatic rings. The summed E-state index contributed by atoms with van der Waals surface area (Å²) in [5.74, 6) is 0.979. The van der Waals surface area contributed by atoms with Crippen molar-refractivity contribution < 1.29 is 0 Å². The molecular formula is C17H24N2. The van der Waals surface area contributed by atoms with Crippen molar-refractivity contribution in [3.63, 3.8) is 0 Å². The highest BCUT2D eigenvalue weighted by Gasteiger charge is 2.30. The largest absolute Gasteiger partial charge is 0.366 e. The van der Waals surface area contributed by atoms with E-state index in [1.54, 1.807) is 16.8 Å². The lowest BCUT2D eigenvalue weighted by Crippen LogP contribution is -2.53. The minimum absolute atomic E-state index is 0.736. The van der Waals surface area contributed by atoms with E-state index < -0.39 is 0 Å². The van der Waals surface area contributed by atoms with Crippen LogP contribution >= 0.6 is 0 Å². The van der Waals surface area contributed by atoms with Gasteiger partial charge in [-0.2, -0.15) is 0 Å². The van der Waals surface area contributed by atoms with E-state index in [-0.39, 0.29) is 0 Å². The summed E-state index contributed by atoms with van der Waals surface area (Å²) in [5.41, 5.74) is 4.88. The molecule has 1 N–H and O–H groups in total. The number of piperazine rings is 1. The third-order valence-corrected chi connectivity index (χ3v) is 5.37. The van der Waals surface area contributed by atoms with Crippen LogP contribution in [0.3, 0.4) is 0 Å². The Balaban J connectivity index is 1.64. The van der Waals surface area contributed by atoms with Crippen molar-refractivity contribution in [1.29, 1.82) is 0 Å². The Morgan fingerprint density at radius 1 is 1.21 bits per heavy atom. The fraction of sp³-hybridized carbons (Fsp3) is 0.647. The Bertz CT molecular complexity index is 464. The van der Waals surface area contributed by atoms with Crippen molar-refractivity contribution in [3.8, 4) is 0 Å². The molecule has 0 radical (unpaired) electrons. The molecule has 1 aromatic carbocycles. The molecule has 2 heteroatoms. The van der Waals surface area contributed by atoms with E-state index in [1.807, 2.05) is 0 Å². The van der Waals surface area contributed by atoms with Crippen LogP contribution in [0.25, 0.3) is 0 Å². The van der Waals surface area contributed by atoms with Crippen LogP contribution in [0.15, 0.2) is 18.2 Å². The van der Waals surface area contributed by atoms with Crippen LogP contribution in [0.2, 0.25) is 0 Å². The van der Waals surface area contributed by atoms with E-state index >= 15 is 0 Å². The molecule has 2 aliphatic heterocycles. The van der Waals surface area contributed by atoms with Gasteiger partial charge >= 0.3 is 0 Å². The molecule has 0 aromatic heterocycles. The first-order valence-corrected chi connectivity index (χ1v) is 8.00. The number of anilines is 1. The molecule has 102 valence electrons. The SMILES string of the molecule is c1cc(CC2CCC2)c2c(c1)N1CCNCC1CC2. The van der Waals surface area contributed by atoms with Gasteiger partial charge in [0.1, 0.15) is 0 Å². The molecule has 2 fully saturated rings. The van der Waals surface area contributed by atoms with Crippen molar-refractivity contribution >= 4 is 5.69 Å². The van der Waals surface area contributed by atoms with E-state index in [2.05, 4.69) is 28.4 Å². The van der Waals surface area contributed by atoms with E-state index in [4.69, 9.17) is 0 Å². The zero-order valence-electron chi connectivity index (χ0n) is 11.7. The predicted molar refractivity (Wildman–Crippen MR) is 79.8 cm³/mol. The van der Waals surface area contributed by atoms with Gasteiger partial charge in [0.05, 0.1) is 0 Å². The summed E-state index contributed by atoms with van der Waals surface area (Å²) in [4.78, 5) is 2.67. The van der Waals surface area contributed by atoms with Crippen molar-refractivity contribution in [2.75, 3.05) is 24.5 Å². The maximum absolute atomic E-state index is 3.54. The zero-order chi connectivity index (χ0) is 12.7. The average Bonchev–Trinajstić information content (AvgIpc) is 2.42. The van der Waals surface area contributed by atoms with Gasteiger partial charge in [-0.3, -0.25) is 0 Å². The van der Waals surface area contributed by atoms with Crippen LogP contribution in [0, 0.1) is 5.92 Å². The molecule has 2 heterocycles. The van der Waals surface area contributed by atoms with Crippen molar-refractivity contribution in [1.82, 2.24) is 5.32 Å². The lowest BCUT2D eigenvalue weighted by atomic mass is 9.79. The summed E-state index contributed by atoms with van der Waals surface area (Å²) in [6.45, 7) is 3.50. The topological polar surface area (TPSA) is 15.3 Å². The molecule has 4 rings (SSSR count). The molecule has 19 heavy (non-hydrogen) atoms. The second-order valence-electron chi connectivity index (χ2n) is 6.51. The molecule has 0 bridgehead atoms. The highest BCUT2D eigenvalue weighted by atomic mass is 15.2. The Labute approximate surface area is 116 Å². The van der Waals surface area contributed by atoms with Gasteiger partial charge in [0.15, 0.2) is 0 Å². The van der Waals surface area contributed by atoms with Crippen LogP contribution in [0.1, 0.15) is 36.8 Å². The number of hydrogen-bond acceptors (Lipinski definition) is 2. The maximum atomic E-state index is 3.54. The lowest BCUT2D eigenvalue weighted by Gasteiger charge is -2.43. The number of nitrogens with zero attached hydrogens (tertiary/aromatic N) is 1. The molecule has 2 nitrogen and oxygen atoms in total. The highest BCUT2D eigenvalue weighted by molar-refractivity contribution is 5.60.